The highest BCUT2D eigenvalue weighted by Crippen LogP contribution is 2.10. The van der Waals surface area contributed by atoms with Crippen LogP contribution < -0.4 is 0 Å². The number of carboxylic acid groups (broad SMARTS) is 1. The number of aliphatic carboxylic acids is 1. The number of tetrazole rings is 1. The molecule has 0 aliphatic rings. The van der Waals surface area contributed by atoms with Gasteiger partial charge in [0.2, 0.25) is 0 Å². The van der Waals surface area contributed by atoms with E-state index in [1.165, 1.54) is 11.8 Å². The Morgan fingerprint density at radius 2 is 2.40 bits per heavy atom. The average molecular weight is 230 g/mol. The van der Waals surface area contributed by atoms with Crippen molar-refractivity contribution in [3.05, 3.63) is 5.82 Å². The van der Waals surface area contributed by atoms with Gasteiger partial charge in [-0.3, -0.25) is 4.79 Å². The van der Waals surface area contributed by atoms with Gasteiger partial charge >= 0.3 is 5.97 Å². The molecule has 84 valence electrons. The van der Waals surface area contributed by atoms with Crippen molar-refractivity contribution in [1.29, 1.82) is 0 Å². The summed E-state index contributed by atoms with van der Waals surface area (Å²) in [4.78, 5) is 10.3. The number of rotatable bonds is 7. The topological polar surface area (TPSA) is 80.9 Å². The molecule has 1 N–H and O–H groups in total. The van der Waals surface area contributed by atoms with Gasteiger partial charge in [0.25, 0.3) is 0 Å². The highest BCUT2D eigenvalue weighted by atomic mass is 32.2. The highest BCUT2D eigenvalue weighted by Gasteiger charge is 2.05. The lowest BCUT2D eigenvalue weighted by Gasteiger charge is -2.01. The van der Waals surface area contributed by atoms with Crippen LogP contribution in [-0.2, 0) is 17.1 Å². The first-order valence-corrected chi connectivity index (χ1v) is 5.94. The van der Waals surface area contributed by atoms with E-state index < -0.39 is 5.97 Å². The zero-order chi connectivity index (χ0) is 11.1. The molecule has 7 heteroatoms. The molecular weight excluding hydrogens is 216 g/mol. The summed E-state index contributed by atoms with van der Waals surface area (Å²) in [5.74, 6) is 1.30. The van der Waals surface area contributed by atoms with Crippen LogP contribution in [0, 0.1) is 0 Å². The molecular formula is C8H14N4O2S. The fourth-order valence-electron chi connectivity index (χ4n) is 1.04. The predicted octanol–water partition coefficient (Wildman–Crippen LogP) is 0.791. The van der Waals surface area contributed by atoms with Gasteiger partial charge < -0.3 is 5.11 Å². The van der Waals surface area contributed by atoms with Crippen molar-refractivity contribution >= 4 is 17.7 Å². The van der Waals surface area contributed by atoms with Gasteiger partial charge in [-0.2, -0.15) is 11.8 Å². The molecule has 0 saturated heterocycles. The molecule has 0 fully saturated rings. The lowest BCUT2D eigenvalue weighted by Crippen LogP contribution is -2.05. The summed E-state index contributed by atoms with van der Waals surface area (Å²) >= 11 is 1.54. The van der Waals surface area contributed by atoms with E-state index in [0.717, 1.165) is 18.8 Å². The maximum Gasteiger partial charge on any atom is 0.304 e. The van der Waals surface area contributed by atoms with E-state index in [0.29, 0.717) is 11.5 Å². The predicted molar refractivity (Wildman–Crippen MR) is 56.5 cm³/mol. The first-order valence-electron chi connectivity index (χ1n) is 4.78. The second-order valence-electron chi connectivity index (χ2n) is 3.01. The van der Waals surface area contributed by atoms with Crippen molar-refractivity contribution in [2.24, 2.45) is 0 Å². The number of carbonyl (C=O) groups is 1. The molecule has 0 aliphatic carbocycles. The molecule has 0 aromatic carbocycles. The van der Waals surface area contributed by atoms with Crippen LogP contribution in [-0.4, -0.2) is 37.0 Å². The van der Waals surface area contributed by atoms with Crippen LogP contribution in [0.1, 0.15) is 25.6 Å². The summed E-state index contributed by atoms with van der Waals surface area (Å²) < 4.78 is 1.76. The number of hydrogen-bond donors (Lipinski definition) is 1. The molecule has 0 spiro atoms. The fraction of sp³-hybridized carbons (Fsp3) is 0.750. The molecule has 0 bridgehead atoms. The van der Waals surface area contributed by atoms with Gasteiger partial charge in [0.15, 0.2) is 5.82 Å². The lowest BCUT2D eigenvalue weighted by atomic mass is 10.5. The van der Waals surface area contributed by atoms with E-state index in [2.05, 4.69) is 22.4 Å². The molecule has 0 unspecified atom stereocenters. The fourth-order valence-corrected chi connectivity index (χ4v) is 1.89. The van der Waals surface area contributed by atoms with E-state index in [-0.39, 0.29) is 6.42 Å². The van der Waals surface area contributed by atoms with Crippen molar-refractivity contribution in [3.8, 4) is 0 Å². The van der Waals surface area contributed by atoms with E-state index in [4.69, 9.17) is 5.11 Å². The Labute approximate surface area is 92.0 Å². The molecule has 0 aliphatic heterocycles. The smallest absolute Gasteiger partial charge is 0.304 e. The summed E-state index contributed by atoms with van der Waals surface area (Å²) in [5.41, 5.74) is 0. The normalized spacial score (nSPS) is 10.5. The summed E-state index contributed by atoms with van der Waals surface area (Å²) in [6.45, 7) is 2.87. The molecule has 0 saturated carbocycles. The summed E-state index contributed by atoms with van der Waals surface area (Å²) in [5, 5.41) is 19.8. The Balaban J connectivity index is 2.30. The highest BCUT2D eigenvalue weighted by molar-refractivity contribution is 7.98. The molecule has 1 aromatic heterocycles. The van der Waals surface area contributed by atoms with Gasteiger partial charge in [0.1, 0.15) is 0 Å². The molecule has 0 radical (unpaired) electrons. The third-order valence-corrected chi connectivity index (χ3v) is 2.69. The van der Waals surface area contributed by atoms with Crippen LogP contribution in [0.3, 0.4) is 0 Å². The van der Waals surface area contributed by atoms with E-state index >= 15 is 0 Å². The van der Waals surface area contributed by atoms with Crippen LogP contribution in [0.15, 0.2) is 0 Å². The largest absolute Gasteiger partial charge is 0.481 e. The minimum absolute atomic E-state index is 0.181. The van der Waals surface area contributed by atoms with Gasteiger partial charge in [-0.1, -0.05) is 6.92 Å². The minimum Gasteiger partial charge on any atom is -0.481 e. The van der Waals surface area contributed by atoms with Crippen molar-refractivity contribution in [2.45, 2.75) is 32.1 Å². The second kappa shape index (κ2) is 6.39. The van der Waals surface area contributed by atoms with E-state index in [1.807, 2.05) is 0 Å². The number of thioether (sulfide) groups is 1. The van der Waals surface area contributed by atoms with Gasteiger partial charge in [-0.15, -0.1) is 5.10 Å². The number of nitrogens with zero attached hydrogens (tertiary/aromatic N) is 4. The number of aryl methyl sites for hydroxylation is 1. The summed E-state index contributed by atoms with van der Waals surface area (Å²) in [6, 6.07) is 0. The molecule has 0 amide bonds. The maximum atomic E-state index is 10.3. The van der Waals surface area contributed by atoms with Crippen molar-refractivity contribution < 1.29 is 9.90 Å². The summed E-state index contributed by atoms with van der Waals surface area (Å²) in [7, 11) is 0. The molecule has 0 atom stereocenters. The summed E-state index contributed by atoms with van der Waals surface area (Å²) in [6.07, 6.45) is 1.16. The first kappa shape index (κ1) is 12.0. The van der Waals surface area contributed by atoms with Crippen LogP contribution in [0.4, 0.5) is 0 Å². The Hall–Kier alpha value is -1.11. The van der Waals surface area contributed by atoms with Gasteiger partial charge in [-0.05, 0) is 16.8 Å². The van der Waals surface area contributed by atoms with E-state index in [9.17, 15) is 4.79 Å². The quantitative estimate of drug-likeness (QED) is 0.697. The SMILES string of the molecule is CCCn1nnnc1CSCCC(=O)O. The van der Waals surface area contributed by atoms with Crippen LogP contribution in [0.2, 0.25) is 0 Å². The Morgan fingerprint density at radius 1 is 1.60 bits per heavy atom. The molecule has 1 rings (SSSR count). The Morgan fingerprint density at radius 3 is 3.07 bits per heavy atom. The zero-order valence-electron chi connectivity index (χ0n) is 8.59. The average Bonchev–Trinajstić information content (AvgIpc) is 2.61. The Bertz CT molecular complexity index is 315. The monoisotopic (exact) mass is 230 g/mol. The first-order chi connectivity index (χ1) is 7.24. The van der Waals surface area contributed by atoms with Crippen LogP contribution in [0.5, 0.6) is 0 Å². The third-order valence-electron chi connectivity index (χ3n) is 1.73. The van der Waals surface area contributed by atoms with Crippen LogP contribution in [0.25, 0.3) is 0 Å². The lowest BCUT2D eigenvalue weighted by molar-refractivity contribution is -0.136. The van der Waals surface area contributed by atoms with Gasteiger partial charge in [0.05, 0.1) is 12.2 Å². The number of aromatic nitrogens is 4. The molecule has 6 nitrogen and oxygen atoms in total. The molecule has 1 aromatic rings. The number of hydrogen-bond acceptors (Lipinski definition) is 5. The molecule has 15 heavy (non-hydrogen) atoms. The van der Waals surface area contributed by atoms with Gasteiger partial charge in [0, 0.05) is 12.3 Å². The van der Waals surface area contributed by atoms with Crippen molar-refractivity contribution in [3.63, 3.8) is 0 Å². The van der Waals surface area contributed by atoms with E-state index in [1.54, 1.807) is 4.68 Å². The van der Waals surface area contributed by atoms with Crippen LogP contribution >= 0.6 is 11.8 Å². The van der Waals surface area contributed by atoms with Crippen molar-refractivity contribution in [1.82, 2.24) is 20.2 Å². The zero-order valence-corrected chi connectivity index (χ0v) is 9.40. The second-order valence-corrected chi connectivity index (χ2v) is 4.12. The molecule has 1 heterocycles. The Kier molecular flexibility index (Phi) is 5.09. The number of carboxylic acids is 1. The maximum absolute atomic E-state index is 10.3. The standard InChI is InChI=1S/C8H14N4O2S/c1-2-4-12-7(9-10-11-12)6-15-5-3-8(13)14/h2-6H2,1H3,(H,13,14). The third kappa shape index (κ3) is 4.28. The van der Waals surface area contributed by atoms with Crippen molar-refractivity contribution in [2.75, 3.05) is 5.75 Å². The van der Waals surface area contributed by atoms with Gasteiger partial charge in [-0.25, -0.2) is 4.68 Å². The minimum atomic E-state index is -0.768.